The lowest BCUT2D eigenvalue weighted by atomic mass is 9.67. The summed E-state index contributed by atoms with van der Waals surface area (Å²) in [5.74, 6) is 0.962. The van der Waals surface area contributed by atoms with E-state index in [1.807, 2.05) is 0 Å². The van der Waals surface area contributed by atoms with Crippen molar-refractivity contribution in [3.63, 3.8) is 0 Å². The summed E-state index contributed by atoms with van der Waals surface area (Å²) >= 11 is 0. The van der Waals surface area contributed by atoms with Gasteiger partial charge in [0.15, 0.2) is 5.96 Å². The van der Waals surface area contributed by atoms with Crippen LogP contribution in [0.15, 0.2) is 4.99 Å². The van der Waals surface area contributed by atoms with Crippen molar-refractivity contribution in [1.29, 1.82) is 0 Å². The molecule has 0 aromatic rings. The zero-order chi connectivity index (χ0) is 17.0. The van der Waals surface area contributed by atoms with E-state index in [1.54, 1.807) is 7.11 Å². The molecule has 0 aliphatic heterocycles. The van der Waals surface area contributed by atoms with Gasteiger partial charge in [0.05, 0.1) is 0 Å². The molecule has 0 saturated heterocycles. The van der Waals surface area contributed by atoms with Crippen molar-refractivity contribution in [3.05, 3.63) is 0 Å². The van der Waals surface area contributed by atoms with Gasteiger partial charge in [-0.25, -0.2) is 0 Å². The quantitative estimate of drug-likeness (QED) is 0.427. The first-order chi connectivity index (χ1) is 11.2. The maximum absolute atomic E-state index is 5.27. The Morgan fingerprint density at radius 1 is 1.17 bits per heavy atom. The molecule has 0 spiro atoms. The van der Waals surface area contributed by atoms with Crippen molar-refractivity contribution in [2.24, 2.45) is 10.4 Å². The van der Waals surface area contributed by atoms with Crippen LogP contribution in [0.2, 0.25) is 0 Å². The third-order valence-electron chi connectivity index (χ3n) is 4.88. The van der Waals surface area contributed by atoms with Gasteiger partial charge < -0.3 is 20.3 Å². The van der Waals surface area contributed by atoms with Crippen molar-refractivity contribution in [1.82, 2.24) is 15.5 Å². The molecule has 5 nitrogen and oxygen atoms in total. The number of hydrogen-bond acceptors (Lipinski definition) is 3. The van der Waals surface area contributed by atoms with Crippen LogP contribution >= 0.6 is 0 Å². The first-order valence-electron chi connectivity index (χ1n) is 9.43. The SMILES string of the molecule is CCCN(CC)CCNC(=NCC1(CCOC)CCC1)NCC. The average Bonchev–Trinajstić information content (AvgIpc) is 2.52. The third-order valence-corrected chi connectivity index (χ3v) is 4.88. The standard InChI is InChI=1S/C18H38N4O/c1-5-13-22(7-3)14-12-20-17(19-6-2)21-16-18(9-8-10-18)11-15-23-4/h5-16H2,1-4H3,(H2,19,20,21). The topological polar surface area (TPSA) is 48.9 Å². The molecule has 0 radical (unpaired) electrons. The van der Waals surface area contributed by atoms with E-state index in [9.17, 15) is 0 Å². The molecule has 0 bridgehead atoms. The summed E-state index contributed by atoms with van der Waals surface area (Å²) < 4.78 is 5.27. The van der Waals surface area contributed by atoms with Gasteiger partial charge in [0.25, 0.3) is 0 Å². The predicted molar refractivity (Wildman–Crippen MR) is 99.2 cm³/mol. The van der Waals surface area contributed by atoms with Crippen LogP contribution in [-0.4, -0.2) is 63.8 Å². The molecule has 1 rings (SSSR count). The van der Waals surface area contributed by atoms with Crippen molar-refractivity contribution in [3.8, 4) is 0 Å². The van der Waals surface area contributed by atoms with Crippen molar-refractivity contribution < 1.29 is 4.74 Å². The van der Waals surface area contributed by atoms with Crippen LogP contribution in [0, 0.1) is 5.41 Å². The number of methoxy groups -OCH3 is 1. The van der Waals surface area contributed by atoms with Crippen LogP contribution in [-0.2, 0) is 4.74 Å². The molecule has 1 fully saturated rings. The summed E-state index contributed by atoms with van der Waals surface area (Å²) in [5.41, 5.74) is 0.385. The van der Waals surface area contributed by atoms with Crippen molar-refractivity contribution in [2.75, 3.05) is 53.0 Å². The van der Waals surface area contributed by atoms with Gasteiger partial charge in [-0.2, -0.15) is 0 Å². The molecule has 1 aliphatic rings. The van der Waals surface area contributed by atoms with Crippen LogP contribution in [0.25, 0.3) is 0 Å². The maximum atomic E-state index is 5.27. The van der Waals surface area contributed by atoms with Crippen molar-refractivity contribution >= 4 is 5.96 Å². The smallest absolute Gasteiger partial charge is 0.191 e. The van der Waals surface area contributed by atoms with Gasteiger partial charge in [-0.15, -0.1) is 0 Å². The number of likely N-dealkylation sites (N-methyl/N-ethyl adjacent to an activating group) is 1. The lowest BCUT2D eigenvalue weighted by molar-refractivity contribution is 0.0778. The molecular formula is C18H38N4O. The normalized spacial score (nSPS) is 17.2. The minimum Gasteiger partial charge on any atom is -0.385 e. The second-order valence-electron chi connectivity index (χ2n) is 6.65. The van der Waals surface area contributed by atoms with E-state index in [-0.39, 0.29) is 0 Å². The summed E-state index contributed by atoms with van der Waals surface area (Å²) in [6.07, 6.45) is 6.26. The number of nitrogens with one attached hydrogen (secondary N) is 2. The first-order valence-corrected chi connectivity index (χ1v) is 9.43. The molecule has 136 valence electrons. The number of aliphatic imine (C=N–C) groups is 1. The molecule has 2 N–H and O–H groups in total. The van der Waals surface area contributed by atoms with E-state index in [1.165, 1.54) is 32.2 Å². The first kappa shape index (κ1) is 20.2. The highest BCUT2D eigenvalue weighted by molar-refractivity contribution is 5.79. The molecule has 0 aromatic carbocycles. The molecule has 23 heavy (non-hydrogen) atoms. The lowest BCUT2D eigenvalue weighted by Gasteiger charge is -2.40. The Kier molecular flexibility index (Phi) is 10.3. The second kappa shape index (κ2) is 11.7. The molecule has 0 atom stereocenters. The number of ether oxygens (including phenoxy) is 1. The number of hydrogen-bond donors (Lipinski definition) is 2. The fourth-order valence-electron chi connectivity index (χ4n) is 3.15. The lowest BCUT2D eigenvalue weighted by Crippen LogP contribution is -2.43. The Bertz CT molecular complexity index is 329. The number of nitrogens with zero attached hydrogens (tertiary/aromatic N) is 2. The molecule has 5 heteroatoms. The van der Waals surface area contributed by atoms with Gasteiger partial charge in [-0.05, 0) is 51.1 Å². The van der Waals surface area contributed by atoms with E-state index < -0.39 is 0 Å². The van der Waals surface area contributed by atoms with Gasteiger partial charge >= 0.3 is 0 Å². The fraction of sp³-hybridized carbons (Fsp3) is 0.944. The number of rotatable bonds is 12. The van der Waals surface area contributed by atoms with Gasteiger partial charge in [0.2, 0.25) is 0 Å². The van der Waals surface area contributed by atoms with Crippen LogP contribution < -0.4 is 10.6 Å². The monoisotopic (exact) mass is 326 g/mol. The summed E-state index contributed by atoms with van der Waals surface area (Å²) in [7, 11) is 1.79. The summed E-state index contributed by atoms with van der Waals surface area (Å²) in [4.78, 5) is 7.32. The van der Waals surface area contributed by atoms with Crippen LogP contribution in [0.3, 0.4) is 0 Å². The Balaban J connectivity index is 2.42. The highest BCUT2D eigenvalue weighted by Crippen LogP contribution is 2.44. The predicted octanol–water partition coefficient (Wildman–Crippen LogP) is 2.48. The van der Waals surface area contributed by atoms with E-state index in [0.29, 0.717) is 5.41 Å². The van der Waals surface area contributed by atoms with E-state index in [0.717, 1.165) is 51.7 Å². The highest BCUT2D eigenvalue weighted by atomic mass is 16.5. The Morgan fingerprint density at radius 3 is 2.48 bits per heavy atom. The minimum absolute atomic E-state index is 0.385. The molecule has 1 aliphatic carbocycles. The molecule has 0 amide bonds. The van der Waals surface area contributed by atoms with Crippen molar-refractivity contribution in [2.45, 2.75) is 52.9 Å². The van der Waals surface area contributed by atoms with Crippen LogP contribution in [0.5, 0.6) is 0 Å². The average molecular weight is 327 g/mol. The zero-order valence-corrected chi connectivity index (χ0v) is 15.8. The Hall–Kier alpha value is -0.810. The highest BCUT2D eigenvalue weighted by Gasteiger charge is 2.36. The summed E-state index contributed by atoms with van der Waals surface area (Å²) in [6.45, 7) is 13.6. The Morgan fingerprint density at radius 2 is 1.96 bits per heavy atom. The second-order valence-corrected chi connectivity index (χ2v) is 6.65. The largest absolute Gasteiger partial charge is 0.385 e. The molecular weight excluding hydrogens is 288 g/mol. The van der Waals surface area contributed by atoms with Crippen LogP contribution in [0.4, 0.5) is 0 Å². The molecule has 0 aromatic heterocycles. The van der Waals surface area contributed by atoms with Crippen LogP contribution in [0.1, 0.15) is 52.9 Å². The minimum atomic E-state index is 0.385. The van der Waals surface area contributed by atoms with E-state index in [2.05, 4.69) is 36.3 Å². The van der Waals surface area contributed by atoms with Gasteiger partial charge in [0.1, 0.15) is 0 Å². The fourth-order valence-corrected chi connectivity index (χ4v) is 3.15. The van der Waals surface area contributed by atoms with Gasteiger partial charge in [-0.1, -0.05) is 20.3 Å². The third kappa shape index (κ3) is 7.53. The van der Waals surface area contributed by atoms with E-state index >= 15 is 0 Å². The summed E-state index contributed by atoms with van der Waals surface area (Å²) in [6, 6.07) is 0. The zero-order valence-electron chi connectivity index (χ0n) is 15.8. The van der Waals surface area contributed by atoms with Gasteiger partial charge in [0, 0.05) is 39.9 Å². The van der Waals surface area contributed by atoms with Gasteiger partial charge in [-0.3, -0.25) is 4.99 Å². The molecule has 0 unspecified atom stereocenters. The number of guanidine groups is 1. The van der Waals surface area contributed by atoms with E-state index in [4.69, 9.17) is 9.73 Å². The summed E-state index contributed by atoms with van der Waals surface area (Å²) in [5, 5.41) is 6.86. The molecule has 1 saturated carbocycles. The maximum Gasteiger partial charge on any atom is 0.191 e. The molecule has 0 heterocycles. The Labute approximate surface area is 143 Å².